The maximum Gasteiger partial charge on any atom is 0.323 e. The number of nitrogens with zero attached hydrogens (tertiary/aromatic N) is 2. The number of carboxylic acids is 2. The van der Waals surface area contributed by atoms with Gasteiger partial charge in [-0.1, -0.05) is 0 Å². The van der Waals surface area contributed by atoms with Crippen molar-refractivity contribution in [3.05, 3.63) is 0 Å². The van der Waals surface area contributed by atoms with Gasteiger partial charge in [-0.15, -0.1) is 0 Å². The SMILES string of the molecule is COC(=O)CCN(C)C(=O)N(CC(=O)O)CC(=O)O. The van der Waals surface area contributed by atoms with E-state index >= 15 is 0 Å². The van der Waals surface area contributed by atoms with Crippen molar-refractivity contribution in [1.82, 2.24) is 9.80 Å². The van der Waals surface area contributed by atoms with Crippen molar-refractivity contribution in [2.24, 2.45) is 0 Å². The summed E-state index contributed by atoms with van der Waals surface area (Å²) in [4.78, 5) is 45.5. The first-order valence-corrected chi connectivity index (χ1v) is 5.28. The van der Waals surface area contributed by atoms with E-state index in [-0.39, 0.29) is 13.0 Å². The molecule has 2 N–H and O–H groups in total. The number of carboxylic acid groups (broad SMARTS) is 2. The maximum absolute atomic E-state index is 11.8. The molecular formula is C10H16N2O7. The summed E-state index contributed by atoms with van der Waals surface area (Å²) < 4.78 is 4.39. The number of ether oxygens (including phenoxy) is 1. The van der Waals surface area contributed by atoms with Gasteiger partial charge in [-0.2, -0.15) is 0 Å². The highest BCUT2D eigenvalue weighted by atomic mass is 16.5. The van der Waals surface area contributed by atoms with Crippen LogP contribution in [0.4, 0.5) is 4.79 Å². The molecule has 0 aromatic carbocycles. The Kier molecular flexibility index (Phi) is 6.94. The van der Waals surface area contributed by atoms with Gasteiger partial charge in [-0.05, 0) is 0 Å². The lowest BCUT2D eigenvalue weighted by Gasteiger charge is -2.25. The number of aliphatic carboxylic acids is 2. The second-order valence-electron chi connectivity index (χ2n) is 3.67. The summed E-state index contributed by atoms with van der Waals surface area (Å²) in [7, 11) is 2.54. The molecular weight excluding hydrogens is 260 g/mol. The highest BCUT2D eigenvalue weighted by Crippen LogP contribution is 1.99. The molecule has 0 heterocycles. The van der Waals surface area contributed by atoms with Gasteiger partial charge in [0.15, 0.2) is 0 Å². The van der Waals surface area contributed by atoms with Crippen molar-refractivity contribution < 1.29 is 34.1 Å². The Labute approximate surface area is 109 Å². The molecule has 0 radical (unpaired) electrons. The summed E-state index contributed by atoms with van der Waals surface area (Å²) in [6.45, 7) is -1.46. The fourth-order valence-corrected chi connectivity index (χ4v) is 1.22. The highest BCUT2D eigenvalue weighted by molar-refractivity contribution is 5.84. The van der Waals surface area contributed by atoms with Crippen molar-refractivity contribution in [2.75, 3.05) is 33.8 Å². The molecule has 0 spiro atoms. The van der Waals surface area contributed by atoms with Crippen LogP contribution in [0.25, 0.3) is 0 Å². The van der Waals surface area contributed by atoms with Crippen LogP contribution < -0.4 is 0 Å². The number of carbonyl (C=O) groups is 4. The van der Waals surface area contributed by atoms with Crippen molar-refractivity contribution >= 4 is 23.9 Å². The van der Waals surface area contributed by atoms with Crippen LogP contribution in [0.3, 0.4) is 0 Å². The lowest BCUT2D eigenvalue weighted by atomic mass is 10.4. The van der Waals surface area contributed by atoms with Gasteiger partial charge in [0.2, 0.25) is 0 Å². The van der Waals surface area contributed by atoms with Crippen LogP contribution >= 0.6 is 0 Å². The summed E-state index contributed by atoms with van der Waals surface area (Å²) in [5.41, 5.74) is 0. The number of carbonyl (C=O) groups excluding carboxylic acids is 2. The number of hydrogen-bond donors (Lipinski definition) is 2. The molecule has 9 nitrogen and oxygen atoms in total. The molecule has 2 amide bonds. The normalized spacial score (nSPS) is 9.58. The Morgan fingerprint density at radius 1 is 1.05 bits per heavy atom. The third kappa shape index (κ3) is 6.86. The second kappa shape index (κ2) is 7.90. The predicted octanol–water partition coefficient (Wildman–Crippen LogP) is -0.927. The Morgan fingerprint density at radius 2 is 1.53 bits per heavy atom. The van der Waals surface area contributed by atoms with Crippen LogP contribution in [0, 0.1) is 0 Å². The van der Waals surface area contributed by atoms with Crippen LogP contribution in [0.15, 0.2) is 0 Å². The zero-order valence-corrected chi connectivity index (χ0v) is 10.7. The first kappa shape index (κ1) is 16.7. The molecule has 0 aromatic heterocycles. The van der Waals surface area contributed by atoms with Gasteiger partial charge in [0.25, 0.3) is 0 Å². The minimum absolute atomic E-state index is 0.00123. The quantitative estimate of drug-likeness (QED) is 0.575. The highest BCUT2D eigenvalue weighted by Gasteiger charge is 2.23. The van der Waals surface area contributed by atoms with Gasteiger partial charge in [-0.25, -0.2) is 4.79 Å². The number of urea groups is 1. The number of amides is 2. The molecule has 0 fully saturated rings. The van der Waals surface area contributed by atoms with E-state index in [0.29, 0.717) is 4.90 Å². The first-order chi connectivity index (χ1) is 8.77. The Balaban J connectivity index is 4.54. The topological polar surface area (TPSA) is 124 Å². The monoisotopic (exact) mass is 276 g/mol. The third-order valence-corrected chi connectivity index (χ3v) is 2.13. The van der Waals surface area contributed by atoms with Gasteiger partial charge < -0.3 is 24.7 Å². The second-order valence-corrected chi connectivity index (χ2v) is 3.67. The van der Waals surface area contributed by atoms with Crippen LogP contribution in [0.2, 0.25) is 0 Å². The zero-order chi connectivity index (χ0) is 15.0. The van der Waals surface area contributed by atoms with Gasteiger partial charge in [0.1, 0.15) is 13.1 Å². The molecule has 0 aliphatic heterocycles. The predicted molar refractivity (Wildman–Crippen MR) is 61.5 cm³/mol. The largest absolute Gasteiger partial charge is 0.480 e. The minimum atomic E-state index is -1.32. The lowest BCUT2D eigenvalue weighted by molar-refractivity contribution is -0.142. The molecule has 19 heavy (non-hydrogen) atoms. The maximum atomic E-state index is 11.8. The third-order valence-electron chi connectivity index (χ3n) is 2.13. The summed E-state index contributed by atoms with van der Waals surface area (Å²) in [6.07, 6.45) is -0.0628. The van der Waals surface area contributed by atoms with Gasteiger partial charge >= 0.3 is 23.9 Å². The van der Waals surface area contributed by atoms with Crippen molar-refractivity contribution in [2.45, 2.75) is 6.42 Å². The Hall–Kier alpha value is -2.32. The van der Waals surface area contributed by atoms with E-state index in [1.54, 1.807) is 0 Å². The van der Waals surface area contributed by atoms with E-state index in [0.717, 1.165) is 4.90 Å². The molecule has 0 aromatic rings. The number of methoxy groups -OCH3 is 1. The molecule has 0 aliphatic carbocycles. The summed E-state index contributed by atoms with van der Waals surface area (Å²) >= 11 is 0. The first-order valence-electron chi connectivity index (χ1n) is 5.28. The summed E-state index contributed by atoms with van der Waals surface area (Å²) in [5.74, 6) is -3.17. The molecule has 0 saturated carbocycles. The number of hydrogen-bond acceptors (Lipinski definition) is 5. The van der Waals surface area contributed by atoms with Crippen LogP contribution in [-0.4, -0.2) is 77.7 Å². The van der Waals surface area contributed by atoms with E-state index in [9.17, 15) is 19.2 Å². The van der Waals surface area contributed by atoms with Gasteiger partial charge in [0, 0.05) is 13.6 Å². The lowest BCUT2D eigenvalue weighted by Crippen LogP contribution is -2.46. The summed E-state index contributed by atoms with van der Waals surface area (Å²) in [5, 5.41) is 17.2. The number of rotatable bonds is 7. The fraction of sp³-hybridized carbons (Fsp3) is 0.600. The van der Waals surface area contributed by atoms with Gasteiger partial charge in [0.05, 0.1) is 13.5 Å². The van der Waals surface area contributed by atoms with E-state index in [4.69, 9.17) is 10.2 Å². The average molecular weight is 276 g/mol. The van der Waals surface area contributed by atoms with Crippen molar-refractivity contribution in [1.29, 1.82) is 0 Å². The minimum Gasteiger partial charge on any atom is -0.480 e. The molecule has 108 valence electrons. The van der Waals surface area contributed by atoms with E-state index < -0.39 is 37.0 Å². The molecule has 0 unspecified atom stereocenters. The standard InChI is InChI=1S/C10H16N2O7/c1-11(4-3-9(17)19-2)10(18)12(5-7(13)14)6-8(15)16/h3-6H2,1-2H3,(H,13,14)(H,15,16). The molecule has 0 rings (SSSR count). The Morgan fingerprint density at radius 3 is 1.89 bits per heavy atom. The summed E-state index contributed by atoms with van der Waals surface area (Å²) in [6, 6.07) is -0.784. The average Bonchev–Trinajstić information content (AvgIpc) is 2.32. The van der Waals surface area contributed by atoms with Crippen LogP contribution in [-0.2, 0) is 19.1 Å². The fourth-order valence-electron chi connectivity index (χ4n) is 1.22. The number of esters is 1. The van der Waals surface area contributed by atoms with Crippen molar-refractivity contribution in [3.63, 3.8) is 0 Å². The Bertz CT molecular complexity index is 353. The molecule has 0 saturated heterocycles. The van der Waals surface area contributed by atoms with E-state index in [1.165, 1.54) is 14.2 Å². The molecule has 0 aliphatic rings. The van der Waals surface area contributed by atoms with E-state index in [2.05, 4.69) is 4.74 Å². The molecule has 9 heteroatoms. The molecule has 0 atom stereocenters. The smallest absolute Gasteiger partial charge is 0.323 e. The molecule has 0 bridgehead atoms. The van der Waals surface area contributed by atoms with Gasteiger partial charge in [-0.3, -0.25) is 14.4 Å². The zero-order valence-electron chi connectivity index (χ0n) is 10.7. The van der Waals surface area contributed by atoms with Crippen LogP contribution in [0.5, 0.6) is 0 Å². The van der Waals surface area contributed by atoms with E-state index in [1.807, 2.05) is 0 Å². The van der Waals surface area contributed by atoms with Crippen molar-refractivity contribution in [3.8, 4) is 0 Å². The van der Waals surface area contributed by atoms with Crippen LogP contribution in [0.1, 0.15) is 6.42 Å².